The predicted molar refractivity (Wildman–Crippen MR) is 105 cm³/mol. The molecule has 27 heavy (non-hydrogen) atoms. The Balaban J connectivity index is 1.56. The van der Waals surface area contributed by atoms with Gasteiger partial charge in [0.05, 0.1) is 17.8 Å². The molecule has 0 aliphatic heterocycles. The van der Waals surface area contributed by atoms with Crippen LogP contribution in [0.25, 0.3) is 10.1 Å². The van der Waals surface area contributed by atoms with E-state index in [9.17, 15) is 19.8 Å². The third kappa shape index (κ3) is 4.36. The molecule has 2 amide bonds. The normalized spacial score (nSPS) is 11.0. The van der Waals surface area contributed by atoms with E-state index in [-0.39, 0.29) is 18.0 Å². The first kappa shape index (κ1) is 18.7. The number of nitrogens with one attached hydrogen (secondary N) is 2. The first-order valence-corrected chi connectivity index (χ1v) is 8.94. The zero-order valence-electron chi connectivity index (χ0n) is 13.8. The predicted octanol–water partition coefficient (Wildman–Crippen LogP) is 2.85. The van der Waals surface area contributed by atoms with E-state index in [1.807, 2.05) is 24.3 Å². The molecule has 9 heteroatoms. The van der Waals surface area contributed by atoms with Crippen LogP contribution in [0.15, 0.2) is 47.6 Å². The second kappa shape index (κ2) is 8.07. The van der Waals surface area contributed by atoms with Crippen molar-refractivity contribution < 1.29 is 19.8 Å². The van der Waals surface area contributed by atoms with Gasteiger partial charge in [-0.2, -0.15) is 5.10 Å². The average Bonchev–Trinajstić information content (AvgIpc) is 2.99. The summed E-state index contributed by atoms with van der Waals surface area (Å²) in [5.74, 6) is -1.26. The van der Waals surface area contributed by atoms with Crippen LogP contribution in [-0.4, -0.2) is 34.8 Å². The number of aromatic hydroxyl groups is 2. The number of thiophene rings is 1. The summed E-state index contributed by atoms with van der Waals surface area (Å²) in [5.41, 5.74) is 2.55. The topological polar surface area (TPSA) is 111 Å². The Labute approximate surface area is 162 Å². The van der Waals surface area contributed by atoms with Gasteiger partial charge >= 0.3 is 0 Å². The Morgan fingerprint density at radius 1 is 1.19 bits per heavy atom. The highest BCUT2D eigenvalue weighted by Crippen LogP contribution is 2.34. The number of carbonyl (C=O) groups excluding carboxylic acids is 2. The standard InChI is InChI=1S/C18H14ClN3O4S/c19-16-12-3-1-2-4-14(12)27-17(16)18(26)20-9-15(25)22-21-8-10-5-6-11(23)7-13(10)24/h1-8,23-24H,9H2,(H,20,26)(H,22,25). The summed E-state index contributed by atoms with van der Waals surface area (Å²) < 4.78 is 0.885. The molecule has 0 radical (unpaired) electrons. The van der Waals surface area contributed by atoms with Gasteiger partial charge in [-0.25, -0.2) is 5.43 Å². The first-order chi connectivity index (χ1) is 13.0. The van der Waals surface area contributed by atoms with Crippen LogP contribution in [0.3, 0.4) is 0 Å². The molecule has 1 heterocycles. The van der Waals surface area contributed by atoms with E-state index in [1.165, 1.54) is 29.7 Å². The summed E-state index contributed by atoms with van der Waals surface area (Å²) in [5, 5.41) is 26.1. The molecule has 7 nitrogen and oxygen atoms in total. The van der Waals surface area contributed by atoms with E-state index < -0.39 is 11.8 Å². The van der Waals surface area contributed by atoms with Crippen LogP contribution >= 0.6 is 22.9 Å². The maximum Gasteiger partial charge on any atom is 0.263 e. The first-order valence-electron chi connectivity index (χ1n) is 7.75. The van der Waals surface area contributed by atoms with Crippen molar-refractivity contribution in [3.63, 3.8) is 0 Å². The summed E-state index contributed by atoms with van der Waals surface area (Å²) in [6.45, 7) is -0.289. The largest absolute Gasteiger partial charge is 0.508 e. The van der Waals surface area contributed by atoms with Crippen LogP contribution in [0, 0.1) is 0 Å². The highest BCUT2D eigenvalue weighted by Gasteiger charge is 2.17. The SMILES string of the molecule is O=C(CNC(=O)c1sc2ccccc2c1Cl)NN=Cc1ccc(O)cc1O. The van der Waals surface area contributed by atoms with Crippen LogP contribution in [0.5, 0.6) is 11.5 Å². The molecule has 0 bridgehead atoms. The fourth-order valence-corrected chi connectivity index (χ4v) is 3.69. The second-order valence-electron chi connectivity index (χ2n) is 5.46. The van der Waals surface area contributed by atoms with E-state index in [1.54, 1.807) is 0 Å². The van der Waals surface area contributed by atoms with Gasteiger partial charge < -0.3 is 15.5 Å². The number of hydrazone groups is 1. The fraction of sp³-hybridized carbons (Fsp3) is 0.0556. The Morgan fingerprint density at radius 2 is 1.96 bits per heavy atom. The van der Waals surface area contributed by atoms with Crippen molar-refractivity contribution in [3.8, 4) is 11.5 Å². The number of phenols is 2. The molecule has 0 aliphatic carbocycles. The van der Waals surface area contributed by atoms with Gasteiger partial charge in [0.15, 0.2) is 0 Å². The second-order valence-corrected chi connectivity index (χ2v) is 6.89. The number of amides is 2. The number of phenolic OH excluding ortho intramolecular Hbond substituents is 2. The lowest BCUT2D eigenvalue weighted by atomic mass is 10.2. The number of carbonyl (C=O) groups is 2. The molecule has 3 aromatic rings. The molecule has 138 valence electrons. The zero-order chi connectivity index (χ0) is 19.4. The molecule has 0 spiro atoms. The third-order valence-corrected chi connectivity index (χ3v) is 5.23. The van der Waals surface area contributed by atoms with Crippen molar-refractivity contribution in [2.45, 2.75) is 0 Å². The summed E-state index contributed by atoms with van der Waals surface area (Å²) in [6.07, 6.45) is 1.22. The van der Waals surface area contributed by atoms with Crippen molar-refractivity contribution in [1.82, 2.24) is 10.7 Å². The van der Waals surface area contributed by atoms with Crippen molar-refractivity contribution in [2.75, 3.05) is 6.54 Å². The molecule has 0 saturated carbocycles. The van der Waals surface area contributed by atoms with Crippen LogP contribution in [-0.2, 0) is 4.79 Å². The molecule has 0 fully saturated rings. The number of fused-ring (bicyclic) bond motifs is 1. The number of hydrogen-bond acceptors (Lipinski definition) is 6. The molecular weight excluding hydrogens is 390 g/mol. The van der Waals surface area contributed by atoms with Crippen LogP contribution in [0.1, 0.15) is 15.2 Å². The maximum atomic E-state index is 12.3. The van der Waals surface area contributed by atoms with E-state index in [4.69, 9.17) is 11.6 Å². The van der Waals surface area contributed by atoms with Crippen LogP contribution in [0.2, 0.25) is 5.02 Å². The summed E-state index contributed by atoms with van der Waals surface area (Å²) >= 11 is 7.48. The van der Waals surface area contributed by atoms with Crippen molar-refractivity contribution >= 4 is 51.1 Å². The Bertz CT molecular complexity index is 1050. The van der Waals surface area contributed by atoms with Gasteiger partial charge in [0.1, 0.15) is 16.4 Å². The minimum Gasteiger partial charge on any atom is -0.508 e. The van der Waals surface area contributed by atoms with Gasteiger partial charge in [-0.3, -0.25) is 9.59 Å². The summed E-state index contributed by atoms with van der Waals surface area (Å²) in [4.78, 5) is 24.4. The van der Waals surface area contributed by atoms with Gasteiger partial charge in [0.2, 0.25) is 0 Å². The highest BCUT2D eigenvalue weighted by atomic mass is 35.5. The van der Waals surface area contributed by atoms with E-state index in [0.29, 0.717) is 15.5 Å². The lowest BCUT2D eigenvalue weighted by Crippen LogP contribution is -2.34. The molecule has 0 atom stereocenters. The van der Waals surface area contributed by atoms with Crippen molar-refractivity contribution in [1.29, 1.82) is 0 Å². The fourth-order valence-electron chi connectivity index (χ4n) is 2.26. The van der Waals surface area contributed by atoms with Crippen molar-refractivity contribution in [3.05, 3.63) is 57.9 Å². The Hall–Kier alpha value is -3.10. The Morgan fingerprint density at radius 3 is 2.70 bits per heavy atom. The molecule has 0 saturated heterocycles. The summed E-state index contributed by atoms with van der Waals surface area (Å²) in [6, 6.07) is 11.3. The number of hydrogen-bond donors (Lipinski definition) is 4. The van der Waals surface area contributed by atoms with Crippen LogP contribution in [0.4, 0.5) is 0 Å². The molecule has 0 unspecified atom stereocenters. The number of benzene rings is 2. The van der Waals surface area contributed by atoms with Gasteiger partial charge in [0.25, 0.3) is 11.8 Å². The molecule has 2 aromatic carbocycles. The summed E-state index contributed by atoms with van der Waals surface area (Å²) in [7, 11) is 0. The molecule has 3 rings (SSSR count). The smallest absolute Gasteiger partial charge is 0.263 e. The third-order valence-electron chi connectivity index (χ3n) is 3.56. The molecular formula is C18H14ClN3O4S. The molecule has 1 aromatic heterocycles. The minimum absolute atomic E-state index is 0.0868. The van der Waals surface area contributed by atoms with Crippen molar-refractivity contribution in [2.24, 2.45) is 5.10 Å². The zero-order valence-corrected chi connectivity index (χ0v) is 15.3. The monoisotopic (exact) mass is 403 g/mol. The van der Waals surface area contributed by atoms with E-state index >= 15 is 0 Å². The van der Waals surface area contributed by atoms with E-state index in [0.717, 1.165) is 16.2 Å². The number of nitrogens with zero attached hydrogens (tertiary/aromatic N) is 1. The average molecular weight is 404 g/mol. The lowest BCUT2D eigenvalue weighted by molar-refractivity contribution is -0.120. The minimum atomic E-state index is -0.546. The quantitative estimate of drug-likeness (QED) is 0.387. The van der Waals surface area contributed by atoms with E-state index in [2.05, 4.69) is 15.8 Å². The van der Waals surface area contributed by atoms with Crippen LogP contribution < -0.4 is 10.7 Å². The molecule has 0 aliphatic rings. The maximum absolute atomic E-state index is 12.3. The van der Waals surface area contributed by atoms with Gasteiger partial charge in [-0.05, 0) is 18.2 Å². The Kier molecular flexibility index (Phi) is 5.58. The lowest BCUT2D eigenvalue weighted by Gasteiger charge is -2.03. The highest BCUT2D eigenvalue weighted by molar-refractivity contribution is 7.21. The van der Waals surface area contributed by atoms with Gasteiger partial charge in [-0.1, -0.05) is 29.8 Å². The van der Waals surface area contributed by atoms with Gasteiger partial charge in [-0.15, -0.1) is 11.3 Å². The molecule has 4 N–H and O–H groups in total. The number of halogens is 1. The van der Waals surface area contributed by atoms with Gasteiger partial charge in [0, 0.05) is 21.7 Å². The number of rotatable bonds is 5.